The number of amides is 1. The SMILES string of the molecule is CCCn1c(SCC(=O)Nc2nc(-c3ccc(C)cc3)cs2)nnc1-c1csc2c1CCC(C)C2. The molecule has 3 heterocycles. The van der Waals surface area contributed by atoms with Gasteiger partial charge in [-0.3, -0.25) is 4.79 Å². The fraction of sp³-hybridized carbons (Fsp3) is 0.385. The highest BCUT2D eigenvalue weighted by Crippen LogP contribution is 2.38. The van der Waals surface area contributed by atoms with E-state index < -0.39 is 0 Å². The Morgan fingerprint density at radius 2 is 2.03 bits per heavy atom. The van der Waals surface area contributed by atoms with Crippen molar-refractivity contribution in [3.63, 3.8) is 0 Å². The highest BCUT2D eigenvalue weighted by atomic mass is 32.2. The number of hydrogen-bond donors (Lipinski definition) is 1. The number of aryl methyl sites for hydroxylation is 1. The first-order chi connectivity index (χ1) is 17.0. The van der Waals surface area contributed by atoms with E-state index in [2.05, 4.69) is 75.5 Å². The van der Waals surface area contributed by atoms with Crippen LogP contribution in [0.1, 0.15) is 42.7 Å². The Hall–Kier alpha value is -2.49. The summed E-state index contributed by atoms with van der Waals surface area (Å²) < 4.78 is 2.18. The van der Waals surface area contributed by atoms with Crippen molar-refractivity contribution in [3.8, 4) is 22.6 Å². The molecule has 1 aliphatic rings. The third-order valence-electron chi connectivity index (χ3n) is 6.24. The number of carbonyl (C=O) groups excluding carboxylic acids is 1. The predicted molar refractivity (Wildman–Crippen MR) is 146 cm³/mol. The average molecular weight is 524 g/mol. The van der Waals surface area contributed by atoms with Crippen molar-refractivity contribution in [1.29, 1.82) is 0 Å². The molecule has 3 aromatic heterocycles. The van der Waals surface area contributed by atoms with Gasteiger partial charge in [-0.05, 0) is 44.1 Å². The van der Waals surface area contributed by atoms with Crippen molar-refractivity contribution in [1.82, 2.24) is 19.7 Å². The van der Waals surface area contributed by atoms with Gasteiger partial charge in [-0.25, -0.2) is 4.98 Å². The molecule has 0 aliphatic heterocycles. The molecular formula is C26H29N5OS3. The summed E-state index contributed by atoms with van der Waals surface area (Å²) in [5, 5.41) is 17.6. The van der Waals surface area contributed by atoms with Gasteiger partial charge in [-0.2, -0.15) is 0 Å². The van der Waals surface area contributed by atoms with Crippen LogP contribution in [0.5, 0.6) is 0 Å². The Kier molecular flexibility index (Phi) is 7.36. The molecule has 0 bridgehead atoms. The van der Waals surface area contributed by atoms with Gasteiger partial charge in [0.2, 0.25) is 5.91 Å². The number of nitrogens with zero attached hydrogens (tertiary/aromatic N) is 4. The Morgan fingerprint density at radius 3 is 2.83 bits per heavy atom. The van der Waals surface area contributed by atoms with Crippen molar-refractivity contribution in [3.05, 3.63) is 51.0 Å². The predicted octanol–water partition coefficient (Wildman–Crippen LogP) is 6.70. The summed E-state index contributed by atoms with van der Waals surface area (Å²) in [6.07, 6.45) is 4.47. The number of nitrogens with one attached hydrogen (secondary N) is 1. The molecule has 0 radical (unpaired) electrons. The zero-order valence-corrected chi connectivity index (χ0v) is 22.7. The molecule has 1 unspecified atom stereocenters. The molecule has 182 valence electrons. The maximum Gasteiger partial charge on any atom is 0.236 e. The lowest BCUT2D eigenvalue weighted by atomic mass is 9.88. The van der Waals surface area contributed by atoms with Crippen molar-refractivity contribution in [2.45, 2.75) is 58.2 Å². The maximum atomic E-state index is 12.7. The zero-order valence-electron chi connectivity index (χ0n) is 20.2. The summed E-state index contributed by atoms with van der Waals surface area (Å²) in [5.41, 5.74) is 5.80. The van der Waals surface area contributed by atoms with E-state index in [9.17, 15) is 4.79 Å². The molecular weight excluding hydrogens is 495 g/mol. The van der Waals surface area contributed by atoms with E-state index in [-0.39, 0.29) is 11.7 Å². The number of aromatic nitrogens is 4. The van der Waals surface area contributed by atoms with Crippen molar-refractivity contribution in [2.75, 3.05) is 11.1 Å². The summed E-state index contributed by atoms with van der Waals surface area (Å²) >= 11 is 4.72. The third kappa shape index (κ3) is 5.37. The minimum atomic E-state index is -0.0886. The molecule has 9 heteroatoms. The smallest absolute Gasteiger partial charge is 0.236 e. The fourth-order valence-corrected chi connectivity index (χ4v) is 7.10. The number of rotatable bonds is 8. The lowest BCUT2D eigenvalue weighted by molar-refractivity contribution is -0.113. The summed E-state index contributed by atoms with van der Waals surface area (Å²) in [6.45, 7) is 7.38. The first-order valence-corrected chi connectivity index (χ1v) is 14.7. The van der Waals surface area contributed by atoms with Gasteiger partial charge in [0.25, 0.3) is 0 Å². The molecule has 5 rings (SSSR count). The number of thioether (sulfide) groups is 1. The number of hydrogen-bond acceptors (Lipinski definition) is 7. The van der Waals surface area contributed by atoms with Crippen LogP contribution in [0, 0.1) is 12.8 Å². The first kappa shape index (κ1) is 24.2. The second-order valence-corrected chi connectivity index (χ2v) is 11.9. The van der Waals surface area contributed by atoms with Crippen LogP contribution in [-0.2, 0) is 24.2 Å². The van der Waals surface area contributed by atoms with Crippen LogP contribution in [0.2, 0.25) is 0 Å². The minimum Gasteiger partial charge on any atom is -0.302 e. The van der Waals surface area contributed by atoms with Gasteiger partial charge in [0.15, 0.2) is 16.1 Å². The van der Waals surface area contributed by atoms with E-state index in [0.717, 1.165) is 54.0 Å². The Morgan fingerprint density at radius 1 is 1.20 bits per heavy atom. The van der Waals surface area contributed by atoms with Crippen LogP contribution in [0.4, 0.5) is 5.13 Å². The maximum absolute atomic E-state index is 12.7. The van der Waals surface area contributed by atoms with E-state index >= 15 is 0 Å². The standard InChI is InChI=1S/C26H29N5OS3/c1-4-11-31-24(20-13-33-22-12-17(3)7-10-19(20)22)29-30-26(31)35-15-23(32)28-25-27-21(14-34-25)18-8-5-16(2)6-9-18/h5-6,8-9,13-14,17H,4,7,10-12,15H2,1-3H3,(H,27,28,32). The van der Waals surface area contributed by atoms with Gasteiger partial charge < -0.3 is 9.88 Å². The Labute approximate surface area is 218 Å². The summed E-state index contributed by atoms with van der Waals surface area (Å²) in [7, 11) is 0. The van der Waals surface area contributed by atoms with Gasteiger partial charge in [-0.1, -0.05) is 55.4 Å². The molecule has 35 heavy (non-hydrogen) atoms. The van der Waals surface area contributed by atoms with E-state index in [1.807, 2.05) is 16.7 Å². The highest BCUT2D eigenvalue weighted by Gasteiger charge is 2.24. The van der Waals surface area contributed by atoms with E-state index in [1.165, 1.54) is 51.1 Å². The Bertz CT molecular complexity index is 1320. The van der Waals surface area contributed by atoms with Crippen LogP contribution >= 0.6 is 34.4 Å². The molecule has 0 saturated heterocycles. The molecule has 0 fully saturated rings. The normalized spacial score (nSPS) is 15.2. The third-order valence-corrected chi connectivity index (χ3v) is 9.01. The van der Waals surface area contributed by atoms with Crippen molar-refractivity contribution < 1.29 is 4.79 Å². The number of anilines is 1. The second kappa shape index (κ2) is 10.6. The largest absolute Gasteiger partial charge is 0.302 e. The van der Waals surface area contributed by atoms with Crippen LogP contribution in [0.15, 0.2) is 40.2 Å². The lowest BCUT2D eigenvalue weighted by Crippen LogP contribution is -2.14. The highest BCUT2D eigenvalue weighted by molar-refractivity contribution is 7.99. The lowest BCUT2D eigenvalue weighted by Gasteiger charge is -2.19. The van der Waals surface area contributed by atoms with Crippen molar-refractivity contribution >= 4 is 45.5 Å². The van der Waals surface area contributed by atoms with Crippen LogP contribution in [0.3, 0.4) is 0 Å². The van der Waals surface area contributed by atoms with Gasteiger partial charge in [0, 0.05) is 33.3 Å². The summed E-state index contributed by atoms with van der Waals surface area (Å²) in [6, 6.07) is 8.23. The quantitative estimate of drug-likeness (QED) is 0.260. The molecule has 1 amide bonds. The molecule has 4 aromatic rings. The Balaban J connectivity index is 1.26. The molecule has 1 aromatic carbocycles. The van der Waals surface area contributed by atoms with E-state index in [1.54, 1.807) is 0 Å². The van der Waals surface area contributed by atoms with Crippen LogP contribution in [-0.4, -0.2) is 31.4 Å². The van der Waals surface area contributed by atoms with Gasteiger partial charge in [0.05, 0.1) is 11.4 Å². The van der Waals surface area contributed by atoms with Crippen LogP contribution < -0.4 is 5.32 Å². The second-order valence-electron chi connectivity index (χ2n) is 9.10. The van der Waals surface area contributed by atoms with E-state index in [4.69, 9.17) is 0 Å². The number of thiazole rings is 1. The molecule has 0 saturated carbocycles. The number of benzene rings is 1. The number of fused-ring (bicyclic) bond motifs is 1. The average Bonchev–Trinajstić information content (AvgIpc) is 3.57. The molecule has 6 nitrogen and oxygen atoms in total. The van der Waals surface area contributed by atoms with Crippen LogP contribution in [0.25, 0.3) is 22.6 Å². The first-order valence-electron chi connectivity index (χ1n) is 12.0. The monoisotopic (exact) mass is 523 g/mol. The topological polar surface area (TPSA) is 72.7 Å². The van der Waals surface area contributed by atoms with Crippen molar-refractivity contribution in [2.24, 2.45) is 5.92 Å². The number of thiophene rings is 1. The molecule has 1 aliphatic carbocycles. The van der Waals surface area contributed by atoms with Gasteiger partial charge in [-0.15, -0.1) is 32.9 Å². The molecule has 1 N–H and O–H groups in total. The van der Waals surface area contributed by atoms with E-state index in [0.29, 0.717) is 5.13 Å². The fourth-order valence-electron chi connectivity index (χ4n) is 4.36. The molecule has 0 spiro atoms. The minimum absolute atomic E-state index is 0.0886. The zero-order chi connectivity index (χ0) is 24.4. The molecule has 1 atom stereocenters. The number of carbonyl (C=O) groups is 1. The van der Waals surface area contributed by atoms with Gasteiger partial charge >= 0.3 is 0 Å². The summed E-state index contributed by atoms with van der Waals surface area (Å²) in [5.74, 6) is 1.86. The van der Waals surface area contributed by atoms with Gasteiger partial charge in [0.1, 0.15) is 0 Å². The summed E-state index contributed by atoms with van der Waals surface area (Å²) in [4.78, 5) is 18.8.